The van der Waals surface area contributed by atoms with Gasteiger partial charge in [0.15, 0.2) is 0 Å². The first kappa shape index (κ1) is 11.9. The Morgan fingerprint density at radius 2 is 2.17 bits per heavy atom. The van der Waals surface area contributed by atoms with Crippen LogP contribution >= 0.6 is 0 Å². The van der Waals surface area contributed by atoms with Crippen LogP contribution in [-0.2, 0) is 0 Å². The third-order valence-corrected chi connectivity index (χ3v) is 2.32. The quantitative estimate of drug-likeness (QED) is 0.656. The second kappa shape index (κ2) is 4.74. The zero-order chi connectivity index (χ0) is 13.1. The van der Waals surface area contributed by atoms with Crippen LogP contribution in [0.1, 0.15) is 6.92 Å². The predicted molar refractivity (Wildman–Crippen MR) is 64.2 cm³/mol. The molecule has 7 nitrogen and oxygen atoms in total. The van der Waals surface area contributed by atoms with Crippen LogP contribution in [0.15, 0.2) is 35.1 Å². The monoisotopic (exact) mass is 249 g/mol. The first-order valence-corrected chi connectivity index (χ1v) is 5.32. The second-order valence-corrected chi connectivity index (χ2v) is 3.47. The summed E-state index contributed by atoms with van der Waals surface area (Å²) < 4.78 is 6.23. The van der Waals surface area contributed by atoms with Crippen molar-refractivity contribution in [2.75, 3.05) is 6.61 Å². The third kappa shape index (κ3) is 2.10. The minimum Gasteiger partial charge on any atom is -0.478 e. The summed E-state index contributed by atoms with van der Waals surface area (Å²) in [6.45, 7) is 2.18. The summed E-state index contributed by atoms with van der Waals surface area (Å²) in [6, 6.07) is 7.24. The number of benzene rings is 1. The molecule has 0 amide bonds. The van der Waals surface area contributed by atoms with Crippen molar-refractivity contribution in [1.82, 2.24) is 9.78 Å². The number of ether oxygens (including phenoxy) is 1. The van der Waals surface area contributed by atoms with E-state index in [-0.39, 0.29) is 17.3 Å². The van der Waals surface area contributed by atoms with E-state index in [9.17, 15) is 14.9 Å². The lowest BCUT2D eigenvalue weighted by atomic mass is 10.3. The Morgan fingerprint density at radius 1 is 1.44 bits per heavy atom. The van der Waals surface area contributed by atoms with E-state index >= 15 is 0 Å². The molecule has 0 saturated carbocycles. The Morgan fingerprint density at radius 3 is 2.83 bits per heavy atom. The maximum atomic E-state index is 11.7. The lowest BCUT2D eigenvalue weighted by molar-refractivity contribution is -0.384. The molecule has 2 aromatic rings. The number of aromatic amines is 1. The summed E-state index contributed by atoms with van der Waals surface area (Å²) in [4.78, 5) is 22.1. The average molecular weight is 249 g/mol. The Bertz CT molecular complexity index is 629. The number of H-pyrrole nitrogens is 1. The Kier molecular flexibility index (Phi) is 3.13. The van der Waals surface area contributed by atoms with Crippen LogP contribution in [0.2, 0.25) is 0 Å². The molecule has 1 aromatic heterocycles. The van der Waals surface area contributed by atoms with Crippen molar-refractivity contribution in [2.45, 2.75) is 6.92 Å². The zero-order valence-electron chi connectivity index (χ0n) is 9.62. The number of nitro benzene ring substituents is 1. The maximum absolute atomic E-state index is 11.7. The molecular weight excluding hydrogens is 238 g/mol. The SMILES string of the molecule is CCOc1cc(=O)n(-c2ccccc2[N+](=O)[O-])[nH]1. The van der Waals surface area contributed by atoms with E-state index in [0.717, 1.165) is 4.68 Å². The van der Waals surface area contributed by atoms with Crippen molar-refractivity contribution in [2.24, 2.45) is 0 Å². The maximum Gasteiger partial charge on any atom is 0.294 e. The number of nitrogens with zero attached hydrogens (tertiary/aromatic N) is 2. The number of hydrogen-bond donors (Lipinski definition) is 1. The first-order valence-electron chi connectivity index (χ1n) is 5.32. The van der Waals surface area contributed by atoms with Crippen LogP contribution in [0, 0.1) is 10.1 Å². The highest BCUT2D eigenvalue weighted by molar-refractivity contribution is 5.51. The van der Waals surface area contributed by atoms with Gasteiger partial charge in [-0.1, -0.05) is 12.1 Å². The van der Waals surface area contributed by atoms with Gasteiger partial charge >= 0.3 is 0 Å². The molecule has 1 N–H and O–H groups in total. The third-order valence-electron chi connectivity index (χ3n) is 2.32. The number of hydrogen-bond acceptors (Lipinski definition) is 4. The molecule has 0 aliphatic rings. The van der Waals surface area contributed by atoms with Crippen molar-refractivity contribution in [3.8, 4) is 11.6 Å². The summed E-state index contributed by atoms with van der Waals surface area (Å²) in [7, 11) is 0. The molecule has 0 unspecified atom stereocenters. The summed E-state index contributed by atoms with van der Waals surface area (Å²) in [5.41, 5.74) is -0.379. The van der Waals surface area contributed by atoms with Gasteiger partial charge in [0, 0.05) is 6.07 Å². The topological polar surface area (TPSA) is 90.2 Å². The van der Waals surface area contributed by atoms with Gasteiger partial charge in [-0.15, -0.1) is 0 Å². The fraction of sp³-hybridized carbons (Fsp3) is 0.182. The molecule has 0 radical (unpaired) electrons. The van der Waals surface area contributed by atoms with E-state index in [1.54, 1.807) is 19.1 Å². The van der Waals surface area contributed by atoms with E-state index in [0.29, 0.717) is 6.61 Å². The molecule has 18 heavy (non-hydrogen) atoms. The highest BCUT2D eigenvalue weighted by Gasteiger charge is 2.16. The van der Waals surface area contributed by atoms with E-state index in [1.807, 2.05) is 0 Å². The number of nitrogens with one attached hydrogen (secondary N) is 1. The van der Waals surface area contributed by atoms with Crippen LogP contribution < -0.4 is 10.3 Å². The van der Waals surface area contributed by atoms with E-state index in [4.69, 9.17) is 4.74 Å². The number of nitro groups is 1. The Hall–Kier alpha value is -2.57. The summed E-state index contributed by atoms with van der Waals surface area (Å²) in [6.07, 6.45) is 0. The summed E-state index contributed by atoms with van der Waals surface area (Å²) >= 11 is 0. The molecule has 0 aliphatic heterocycles. The predicted octanol–water partition coefficient (Wildman–Crippen LogP) is 1.47. The number of rotatable bonds is 4. The van der Waals surface area contributed by atoms with Gasteiger partial charge in [-0.05, 0) is 13.0 Å². The molecule has 0 spiro atoms. The van der Waals surface area contributed by atoms with E-state index in [1.165, 1.54) is 18.2 Å². The van der Waals surface area contributed by atoms with Crippen LogP contribution in [0.5, 0.6) is 5.88 Å². The van der Waals surface area contributed by atoms with Gasteiger partial charge in [-0.25, -0.2) is 4.68 Å². The van der Waals surface area contributed by atoms with E-state index in [2.05, 4.69) is 5.10 Å². The molecule has 0 atom stereocenters. The largest absolute Gasteiger partial charge is 0.478 e. The van der Waals surface area contributed by atoms with Gasteiger partial charge in [-0.2, -0.15) is 0 Å². The first-order chi connectivity index (χ1) is 8.63. The zero-order valence-corrected chi connectivity index (χ0v) is 9.62. The minimum atomic E-state index is -0.539. The van der Waals surface area contributed by atoms with Crippen LogP contribution in [0.4, 0.5) is 5.69 Å². The molecule has 7 heteroatoms. The van der Waals surface area contributed by atoms with Crippen molar-refractivity contribution in [3.63, 3.8) is 0 Å². The van der Waals surface area contributed by atoms with Crippen molar-refractivity contribution in [3.05, 3.63) is 50.8 Å². The lowest BCUT2D eigenvalue weighted by Crippen LogP contribution is -2.14. The molecule has 1 heterocycles. The average Bonchev–Trinajstić information content (AvgIpc) is 2.70. The number of para-hydroxylation sites is 2. The highest BCUT2D eigenvalue weighted by atomic mass is 16.6. The Labute approximate surface area is 102 Å². The highest BCUT2D eigenvalue weighted by Crippen LogP contribution is 2.20. The fourth-order valence-electron chi connectivity index (χ4n) is 1.59. The normalized spacial score (nSPS) is 10.3. The molecular formula is C11H11N3O4. The van der Waals surface area contributed by atoms with E-state index < -0.39 is 10.5 Å². The fourth-order valence-corrected chi connectivity index (χ4v) is 1.59. The van der Waals surface area contributed by atoms with Crippen LogP contribution in [0.25, 0.3) is 5.69 Å². The Balaban J connectivity index is 2.55. The number of aromatic nitrogens is 2. The van der Waals surface area contributed by atoms with Gasteiger partial charge in [0.2, 0.25) is 5.88 Å². The van der Waals surface area contributed by atoms with Gasteiger partial charge < -0.3 is 4.74 Å². The molecule has 94 valence electrons. The van der Waals surface area contributed by atoms with Gasteiger partial charge in [-0.3, -0.25) is 20.0 Å². The minimum absolute atomic E-state index is 0.149. The molecule has 1 aromatic carbocycles. The summed E-state index contributed by atoms with van der Waals surface area (Å²) in [5, 5.41) is 13.6. The molecule has 0 bridgehead atoms. The van der Waals surface area contributed by atoms with Crippen molar-refractivity contribution < 1.29 is 9.66 Å². The van der Waals surface area contributed by atoms with Gasteiger partial charge in [0.1, 0.15) is 5.69 Å². The molecule has 0 saturated heterocycles. The van der Waals surface area contributed by atoms with Crippen molar-refractivity contribution in [1.29, 1.82) is 0 Å². The summed E-state index contributed by atoms with van der Waals surface area (Å²) in [5.74, 6) is 0.278. The van der Waals surface area contributed by atoms with Crippen molar-refractivity contribution >= 4 is 5.69 Å². The van der Waals surface area contributed by atoms with Crippen LogP contribution in [0.3, 0.4) is 0 Å². The standard InChI is InChI=1S/C11H11N3O4/c1-2-18-10-7-11(15)13(12-10)8-5-3-4-6-9(8)14(16)17/h3-7,12H,2H2,1H3. The smallest absolute Gasteiger partial charge is 0.294 e. The second-order valence-electron chi connectivity index (χ2n) is 3.47. The molecule has 0 fully saturated rings. The lowest BCUT2D eigenvalue weighted by Gasteiger charge is -2.03. The van der Waals surface area contributed by atoms with Crippen LogP contribution in [-0.4, -0.2) is 21.3 Å². The molecule has 2 rings (SSSR count). The van der Waals surface area contributed by atoms with Gasteiger partial charge in [0.25, 0.3) is 11.2 Å². The molecule has 0 aliphatic carbocycles. The van der Waals surface area contributed by atoms with Gasteiger partial charge in [0.05, 0.1) is 17.6 Å².